The zero-order valence-electron chi connectivity index (χ0n) is 21.7. The summed E-state index contributed by atoms with van der Waals surface area (Å²) in [6.45, 7) is 10.7. The molecule has 0 saturated carbocycles. The fraction of sp³-hybridized carbons (Fsp3) is 0.920. The Labute approximate surface area is 204 Å². The Kier molecular flexibility index (Phi) is 11.5. The van der Waals surface area contributed by atoms with Gasteiger partial charge in [0.2, 0.25) is 5.91 Å². The van der Waals surface area contributed by atoms with Crippen molar-refractivity contribution in [1.29, 1.82) is 0 Å². The summed E-state index contributed by atoms with van der Waals surface area (Å²) in [5.74, 6) is 0.372. The maximum atomic E-state index is 13.3. The lowest BCUT2D eigenvalue weighted by atomic mass is 9.93. The molecule has 2 fully saturated rings. The van der Waals surface area contributed by atoms with E-state index in [0.29, 0.717) is 25.5 Å². The summed E-state index contributed by atoms with van der Waals surface area (Å²) in [6.07, 6.45) is 4.55. The Morgan fingerprint density at radius 1 is 1.24 bits per heavy atom. The number of hydrogen-bond acceptors (Lipinski definition) is 7. The van der Waals surface area contributed by atoms with Gasteiger partial charge in [0.1, 0.15) is 11.8 Å². The SMILES string of the molecule is CC(C)[C@@H]1C[C@H]2C(=O)N[C@H](CO)CCCCCCCOC[C@H](NC(=O)OC(C)(C)C)C(O)N2C1. The molecular weight excluding hydrogens is 438 g/mol. The number of amides is 2. The van der Waals surface area contributed by atoms with Gasteiger partial charge in [0.05, 0.1) is 31.3 Å². The first kappa shape index (κ1) is 28.8. The van der Waals surface area contributed by atoms with Crippen molar-refractivity contribution in [3.05, 3.63) is 0 Å². The fourth-order valence-electron chi connectivity index (χ4n) is 4.66. The van der Waals surface area contributed by atoms with Crippen molar-refractivity contribution >= 4 is 12.0 Å². The summed E-state index contributed by atoms with van der Waals surface area (Å²) in [5, 5.41) is 27.0. The second-order valence-corrected chi connectivity index (χ2v) is 11.1. The molecule has 9 nitrogen and oxygen atoms in total. The molecule has 0 radical (unpaired) electrons. The molecule has 0 spiro atoms. The number of aliphatic hydroxyl groups is 2. The summed E-state index contributed by atoms with van der Waals surface area (Å²) in [4.78, 5) is 27.6. The lowest BCUT2D eigenvalue weighted by Gasteiger charge is -2.35. The van der Waals surface area contributed by atoms with Crippen molar-refractivity contribution in [3.63, 3.8) is 0 Å². The predicted octanol–water partition coefficient (Wildman–Crippen LogP) is 2.39. The second kappa shape index (κ2) is 13.6. The van der Waals surface area contributed by atoms with Gasteiger partial charge in [-0.2, -0.15) is 0 Å². The van der Waals surface area contributed by atoms with Crippen LogP contribution < -0.4 is 10.6 Å². The maximum absolute atomic E-state index is 13.3. The lowest BCUT2D eigenvalue weighted by molar-refractivity contribution is -0.132. The number of rotatable bonds is 3. The van der Waals surface area contributed by atoms with Crippen LogP contribution >= 0.6 is 0 Å². The Balaban J connectivity index is 2.24. The van der Waals surface area contributed by atoms with Crippen molar-refractivity contribution in [2.24, 2.45) is 11.8 Å². The van der Waals surface area contributed by atoms with Crippen LogP contribution in [0.4, 0.5) is 4.79 Å². The third-order valence-corrected chi connectivity index (χ3v) is 6.72. The molecule has 2 aliphatic rings. The van der Waals surface area contributed by atoms with Gasteiger partial charge in [-0.3, -0.25) is 9.69 Å². The molecule has 2 aliphatic heterocycles. The number of ether oxygens (including phenoxy) is 2. The van der Waals surface area contributed by atoms with Crippen molar-refractivity contribution < 1.29 is 29.3 Å². The van der Waals surface area contributed by atoms with Gasteiger partial charge in [0.15, 0.2) is 0 Å². The van der Waals surface area contributed by atoms with Crippen LogP contribution in [0.2, 0.25) is 0 Å². The molecule has 2 amide bonds. The van der Waals surface area contributed by atoms with Gasteiger partial charge in [-0.15, -0.1) is 0 Å². The van der Waals surface area contributed by atoms with Crippen LogP contribution in [0.25, 0.3) is 0 Å². The Morgan fingerprint density at radius 2 is 1.91 bits per heavy atom. The number of hydrogen-bond donors (Lipinski definition) is 4. The first-order valence-corrected chi connectivity index (χ1v) is 12.9. The van der Waals surface area contributed by atoms with E-state index in [9.17, 15) is 19.8 Å². The minimum Gasteiger partial charge on any atom is -0.444 e. The highest BCUT2D eigenvalue weighted by atomic mass is 16.6. The normalized spacial score (nSPS) is 31.1. The summed E-state index contributed by atoms with van der Waals surface area (Å²) in [7, 11) is 0. The number of carbonyl (C=O) groups excluding carboxylic acids is 2. The predicted molar refractivity (Wildman–Crippen MR) is 130 cm³/mol. The van der Waals surface area contributed by atoms with Crippen LogP contribution in [0.3, 0.4) is 0 Å². The van der Waals surface area contributed by atoms with E-state index < -0.39 is 30.0 Å². The average Bonchev–Trinajstić information content (AvgIpc) is 3.19. The van der Waals surface area contributed by atoms with Crippen LogP contribution in [-0.4, -0.2) is 83.4 Å². The van der Waals surface area contributed by atoms with E-state index in [4.69, 9.17) is 9.47 Å². The molecule has 0 bridgehead atoms. The third kappa shape index (κ3) is 9.32. The van der Waals surface area contributed by atoms with E-state index in [1.807, 2.05) is 0 Å². The third-order valence-electron chi connectivity index (χ3n) is 6.72. The minimum absolute atomic E-state index is 0.106. The average molecular weight is 486 g/mol. The fourth-order valence-corrected chi connectivity index (χ4v) is 4.66. The van der Waals surface area contributed by atoms with E-state index in [1.54, 1.807) is 25.7 Å². The molecule has 198 valence electrons. The standard InChI is InChI=1S/C25H47N3O6/c1-17(2)18-13-21-22(30)26-19(15-29)11-9-7-6-8-10-12-33-16-20(23(31)28(21)14-18)27-24(32)34-25(3,4)5/h17-21,23,29,31H,6-16H2,1-5H3,(H,26,30)(H,27,32)/t18-,19+,20+,21+,23?/m1/s1. The van der Waals surface area contributed by atoms with Gasteiger partial charge < -0.3 is 30.3 Å². The number of nitrogens with one attached hydrogen (secondary N) is 2. The molecule has 0 aliphatic carbocycles. The van der Waals surface area contributed by atoms with Crippen LogP contribution in [0.5, 0.6) is 0 Å². The Morgan fingerprint density at radius 3 is 2.56 bits per heavy atom. The molecule has 2 rings (SSSR count). The van der Waals surface area contributed by atoms with Crippen molar-refractivity contribution in [2.45, 2.75) is 110 Å². The highest BCUT2D eigenvalue weighted by molar-refractivity contribution is 5.82. The molecule has 4 N–H and O–H groups in total. The van der Waals surface area contributed by atoms with Crippen molar-refractivity contribution in [2.75, 3.05) is 26.4 Å². The maximum Gasteiger partial charge on any atom is 0.408 e. The molecule has 5 atom stereocenters. The summed E-state index contributed by atoms with van der Waals surface area (Å²) in [6, 6.07) is -1.60. The van der Waals surface area contributed by atoms with E-state index in [0.717, 1.165) is 38.5 Å². The number of nitrogens with zero attached hydrogens (tertiary/aromatic N) is 1. The van der Waals surface area contributed by atoms with Crippen LogP contribution in [0.1, 0.15) is 79.6 Å². The number of fused-ring (bicyclic) bond motifs is 1. The van der Waals surface area contributed by atoms with Crippen LogP contribution in [0.15, 0.2) is 0 Å². The van der Waals surface area contributed by atoms with Crippen LogP contribution in [-0.2, 0) is 14.3 Å². The summed E-state index contributed by atoms with van der Waals surface area (Å²) < 4.78 is 11.2. The van der Waals surface area contributed by atoms with E-state index in [-0.39, 0.29) is 31.1 Å². The molecule has 9 heteroatoms. The molecule has 2 heterocycles. The zero-order chi connectivity index (χ0) is 25.3. The Hall–Kier alpha value is -1.42. The summed E-state index contributed by atoms with van der Waals surface area (Å²) in [5.41, 5.74) is -0.674. The molecule has 0 aromatic heterocycles. The minimum atomic E-state index is -1.12. The first-order valence-electron chi connectivity index (χ1n) is 12.9. The zero-order valence-corrected chi connectivity index (χ0v) is 21.7. The largest absolute Gasteiger partial charge is 0.444 e. The van der Waals surface area contributed by atoms with Gasteiger partial charge in [-0.1, -0.05) is 39.5 Å². The smallest absolute Gasteiger partial charge is 0.408 e. The van der Waals surface area contributed by atoms with E-state index >= 15 is 0 Å². The van der Waals surface area contributed by atoms with Gasteiger partial charge >= 0.3 is 6.09 Å². The highest BCUT2D eigenvalue weighted by Crippen LogP contribution is 2.31. The van der Waals surface area contributed by atoms with Crippen molar-refractivity contribution in [3.8, 4) is 0 Å². The Bertz CT molecular complexity index is 639. The number of carbonyl (C=O) groups is 2. The monoisotopic (exact) mass is 485 g/mol. The molecule has 2 saturated heterocycles. The molecule has 1 unspecified atom stereocenters. The topological polar surface area (TPSA) is 120 Å². The van der Waals surface area contributed by atoms with E-state index in [1.165, 1.54) is 0 Å². The highest BCUT2D eigenvalue weighted by Gasteiger charge is 2.44. The van der Waals surface area contributed by atoms with Gasteiger partial charge in [-0.05, 0) is 51.9 Å². The molecule has 34 heavy (non-hydrogen) atoms. The number of alkyl carbamates (subject to hydrolysis) is 1. The molecule has 0 aromatic rings. The first-order chi connectivity index (χ1) is 16.0. The molecular formula is C25H47N3O6. The summed E-state index contributed by atoms with van der Waals surface area (Å²) >= 11 is 0. The van der Waals surface area contributed by atoms with Crippen LogP contribution in [0, 0.1) is 11.8 Å². The van der Waals surface area contributed by atoms with E-state index in [2.05, 4.69) is 24.5 Å². The lowest BCUT2D eigenvalue weighted by Crippen LogP contribution is -2.58. The quantitative estimate of drug-likeness (QED) is 0.484. The van der Waals surface area contributed by atoms with Gasteiger partial charge in [-0.25, -0.2) is 4.79 Å². The van der Waals surface area contributed by atoms with Gasteiger partial charge in [0.25, 0.3) is 0 Å². The molecule has 0 aromatic carbocycles. The van der Waals surface area contributed by atoms with Gasteiger partial charge in [0, 0.05) is 13.2 Å². The van der Waals surface area contributed by atoms with Crippen molar-refractivity contribution in [1.82, 2.24) is 15.5 Å². The second-order valence-electron chi connectivity index (χ2n) is 11.1. The number of aliphatic hydroxyl groups excluding tert-OH is 2.